The van der Waals surface area contributed by atoms with Crippen molar-refractivity contribution in [3.05, 3.63) is 107 Å². The summed E-state index contributed by atoms with van der Waals surface area (Å²) in [5.74, 6) is 0.486. The van der Waals surface area contributed by atoms with E-state index in [0.717, 1.165) is 44.5 Å². The molecule has 1 saturated heterocycles. The fourth-order valence-corrected chi connectivity index (χ4v) is 6.35. The molecule has 0 aromatic heterocycles. The molecule has 0 amide bonds. The van der Waals surface area contributed by atoms with Gasteiger partial charge in [0.2, 0.25) is 0 Å². The number of ether oxygens (including phenoxy) is 1. The highest BCUT2D eigenvalue weighted by Crippen LogP contribution is 2.42. The lowest BCUT2D eigenvalue weighted by Gasteiger charge is -2.48. The maximum absolute atomic E-state index is 13.7. The Kier molecular flexibility index (Phi) is 8.14. The van der Waals surface area contributed by atoms with Crippen molar-refractivity contribution in [2.75, 3.05) is 26.7 Å². The monoisotopic (exact) mass is 575 g/mol. The zero-order chi connectivity index (χ0) is 29.4. The fourth-order valence-electron chi connectivity index (χ4n) is 6.35. The van der Waals surface area contributed by atoms with Gasteiger partial charge in [-0.3, -0.25) is 9.80 Å². The van der Waals surface area contributed by atoms with E-state index in [1.54, 1.807) is 24.3 Å². The quantitative estimate of drug-likeness (QED) is 0.283. The molecule has 1 radical (unpaired) electrons. The van der Waals surface area contributed by atoms with Crippen LogP contribution in [0.3, 0.4) is 0 Å². The Bertz CT molecular complexity index is 1330. The van der Waals surface area contributed by atoms with Gasteiger partial charge in [0.1, 0.15) is 5.75 Å². The molecule has 1 atom stereocenters. The Morgan fingerprint density at radius 2 is 1.39 bits per heavy atom. The summed E-state index contributed by atoms with van der Waals surface area (Å²) < 4.78 is 87.5. The molecule has 9 heteroatoms. The van der Waals surface area contributed by atoms with Gasteiger partial charge in [-0.15, -0.1) is 0 Å². The fraction of sp³-hybridized carbons (Fsp3) is 0.406. The topological polar surface area (TPSA) is 15.7 Å². The summed E-state index contributed by atoms with van der Waals surface area (Å²) in [6.07, 6.45) is -7.39. The SMILES string of the molecule is [CH2]C(Cc1cc(C(F)(F)F)cc(C(F)(F)F)c1)(c1ccccc1OC)N1CCC(N2CCc3ccccc3C2)CC1. The number of nitrogens with zero attached hydrogens (tertiary/aromatic N) is 2. The smallest absolute Gasteiger partial charge is 0.416 e. The van der Waals surface area contributed by atoms with Crippen molar-refractivity contribution in [3.63, 3.8) is 0 Å². The lowest BCUT2D eigenvalue weighted by molar-refractivity contribution is -0.143. The van der Waals surface area contributed by atoms with Crippen LogP contribution in [0.5, 0.6) is 5.75 Å². The van der Waals surface area contributed by atoms with E-state index in [2.05, 4.69) is 34.9 Å². The third-order valence-corrected chi connectivity index (χ3v) is 8.50. The Morgan fingerprint density at radius 3 is 2.00 bits per heavy atom. The number of benzene rings is 3. The van der Waals surface area contributed by atoms with Crippen LogP contribution in [0, 0.1) is 6.92 Å². The predicted octanol–water partition coefficient (Wildman–Crippen LogP) is 7.53. The number of piperidine rings is 1. The van der Waals surface area contributed by atoms with E-state index in [9.17, 15) is 26.3 Å². The molecule has 0 bridgehead atoms. The van der Waals surface area contributed by atoms with Crippen LogP contribution in [0.1, 0.15) is 46.2 Å². The molecule has 2 aliphatic rings. The van der Waals surface area contributed by atoms with Crippen LogP contribution in [0.25, 0.3) is 0 Å². The highest BCUT2D eigenvalue weighted by molar-refractivity contribution is 5.43. The maximum atomic E-state index is 13.7. The van der Waals surface area contributed by atoms with Crippen molar-refractivity contribution in [2.24, 2.45) is 0 Å². The minimum Gasteiger partial charge on any atom is -0.496 e. The van der Waals surface area contributed by atoms with Crippen molar-refractivity contribution < 1.29 is 31.1 Å². The van der Waals surface area contributed by atoms with Crippen LogP contribution in [-0.2, 0) is 37.3 Å². The van der Waals surface area contributed by atoms with Crippen molar-refractivity contribution in [3.8, 4) is 5.75 Å². The molecule has 0 aliphatic carbocycles. The van der Waals surface area contributed by atoms with Crippen molar-refractivity contribution in [1.29, 1.82) is 0 Å². The standard InChI is InChI=1S/C32H33F6N2O/c1-30(28-9-5-6-10-29(28)41-2,20-22-17-25(31(33,34)35)19-26(18-22)32(36,37)38)40-15-12-27(13-16-40)39-14-11-23-7-3-4-8-24(23)21-39/h3-10,17-19,27H,1,11-16,20-21H2,2H3. The highest BCUT2D eigenvalue weighted by Gasteiger charge is 2.42. The van der Waals surface area contributed by atoms with E-state index in [1.807, 2.05) is 6.07 Å². The molecule has 219 valence electrons. The lowest BCUT2D eigenvalue weighted by atomic mass is 9.81. The third kappa shape index (κ3) is 6.26. The van der Waals surface area contributed by atoms with Gasteiger partial charge in [-0.2, -0.15) is 26.3 Å². The predicted molar refractivity (Wildman–Crippen MR) is 145 cm³/mol. The van der Waals surface area contributed by atoms with Gasteiger partial charge in [0.25, 0.3) is 0 Å². The number of para-hydroxylation sites is 1. The second-order valence-corrected chi connectivity index (χ2v) is 11.0. The zero-order valence-corrected chi connectivity index (χ0v) is 22.9. The van der Waals surface area contributed by atoms with E-state index in [1.165, 1.54) is 18.2 Å². The Hall–Kier alpha value is -3.04. The Morgan fingerprint density at radius 1 is 0.805 bits per heavy atom. The van der Waals surface area contributed by atoms with Crippen LogP contribution in [-0.4, -0.2) is 42.6 Å². The first-order valence-corrected chi connectivity index (χ1v) is 13.7. The lowest BCUT2D eigenvalue weighted by Crippen LogP contribution is -2.53. The normalized spacial score (nSPS) is 19.0. The first kappa shape index (κ1) is 29.5. The minimum absolute atomic E-state index is 0.0807. The van der Waals surface area contributed by atoms with E-state index < -0.39 is 29.0 Å². The van der Waals surface area contributed by atoms with Crippen LogP contribution >= 0.6 is 0 Å². The summed E-state index contributed by atoms with van der Waals surface area (Å²) in [6.45, 7) is 7.49. The van der Waals surface area contributed by atoms with E-state index in [-0.39, 0.29) is 18.1 Å². The first-order valence-electron chi connectivity index (χ1n) is 13.7. The molecule has 0 spiro atoms. The van der Waals surface area contributed by atoms with Gasteiger partial charge in [-0.1, -0.05) is 42.5 Å². The van der Waals surface area contributed by atoms with Gasteiger partial charge in [-0.25, -0.2) is 0 Å². The van der Waals surface area contributed by atoms with Gasteiger partial charge in [0, 0.05) is 37.8 Å². The first-order chi connectivity index (χ1) is 19.4. The molecule has 41 heavy (non-hydrogen) atoms. The van der Waals surface area contributed by atoms with Gasteiger partial charge >= 0.3 is 12.4 Å². The van der Waals surface area contributed by atoms with Gasteiger partial charge < -0.3 is 4.74 Å². The average molecular weight is 576 g/mol. The molecule has 3 nitrogen and oxygen atoms in total. The Labute approximate surface area is 236 Å². The molecular weight excluding hydrogens is 542 g/mol. The number of alkyl halides is 6. The minimum atomic E-state index is -4.92. The summed E-state index contributed by atoms with van der Waals surface area (Å²) in [6, 6.07) is 17.6. The van der Waals surface area contributed by atoms with Crippen LogP contribution in [0.4, 0.5) is 26.3 Å². The van der Waals surface area contributed by atoms with Crippen LogP contribution < -0.4 is 4.74 Å². The maximum Gasteiger partial charge on any atom is 0.416 e. The molecule has 0 saturated carbocycles. The van der Waals surface area contributed by atoms with Crippen molar-refractivity contribution >= 4 is 0 Å². The number of rotatable bonds is 6. The van der Waals surface area contributed by atoms with Gasteiger partial charge in [0.05, 0.1) is 23.8 Å². The second-order valence-electron chi connectivity index (χ2n) is 11.0. The highest BCUT2D eigenvalue weighted by atomic mass is 19.4. The molecule has 2 aliphatic heterocycles. The number of halogens is 6. The number of fused-ring (bicyclic) bond motifs is 1. The van der Waals surface area contributed by atoms with Gasteiger partial charge in [-0.05, 0) is 73.6 Å². The summed E-state index contributed by atoms with van der Waals surface area (Å²) in [4.78, 5) is 4.57. The number of hydrogen-bond acceptors (Lipinski definition) is 3. The average Bonchev–Trinajstić information content (AvgIpc) is 2.96. The van der Waals surface area contributed by atoms with Gasteiger partial charge in [0.15, 0.2) is 0 Å². The van der Waals surface area contributed by atoms with Crippen molar-refractivity contribution in [1.82, 2.24) is 9.80 Å². The second kappa shape index (κ2) is 11.3. The van der Waals surface area contributed by atoms with E-state index >= 15 is 0 Å². The number of hydrogen-bond donors (Lipinski definition) is 0. The summed E-state index contributed by atoms with van der Waals surface area (Å²) in [7, 11) is 1.49. The van der Waals surface area contributed by atoms with Crippen molar-refractivity contribution in [2.45, 2.75) is 56.2 Å². The molecular formula is C32H33F6N2O. The van der Waals surface area contributed by atoms with E-state index in [0.29, 0.717) is 30.4 Å². The molecule has 3 aromatic rings. The largest absolute Gasteiger partial charge is 0.496 e. The third-order valence-electron chi connectivity index (χ3n) is 8.50. The molecule has 5 rings (SSSR count). The summed E-state index contributed by atoms with van der Waals surface area (Å²) in [5, 5.41) is 0. The Balaban J connectivity index is 1.45. The molecule has 1 unspecified atom stereocenters. The summed E-state index contributed by atoms with van der Waals surface area (Å²) in [5.41, 5.74) is -0.566. The summed E-state index contributed by atoms with van der Waals surface area (Å²) >= 11 is 0. The molecule has 0 N–H and O–H groups in total. The zero-order valence-electron chi connectivity index (χ0n) is 22.9. The molecule has 1 fully saturated rings. The molecule has 2 heterocycles. The van der Waals surface area contributed by atoms with Crippen LogP contribution in [0.2, 0.25) is 0 Å². The van der Waals surface area contributed by atoms with E-state index in [4.69, 9.17) is 4.74 Å². The van der Waals surface area contributed by atoms with Crippen LogP contribution in [0.15, 0.2) is 66.7 Å². The number of likely N-dealkylation sites (tertiary alicyclic amines) is 1. The number of methoxy groups -OCH3 is 1. The molecule has 3 aromatic carbocycles.